The molecule has 1 atom stereocenters. The van der Waals surface area contributed by atoms with Crippen molar-refractivity contribution in [2.75, 3.05) is 18.8 Å². The number of nitrogens with two attached hydrogens (primary N) is 1. The third-order valence-corrected chi connectivity index (χ3v) is 5.49. The summed E-state index contributed by atoms with van der Waals surface area (Å²) >= 11 is 6.19. The fourth-order valence-electron chi connectivity index (χ4n) is 3.49. The number of piperidine rings is 1. The molecule has 0 radical (unpaired) electrons. The number of aromatic nitrogens is 2. The van der Waals surface area contributed by atoms with Crippen LogP contribution in [0.3, 0.4) is 0 Å². The average molecular weight is 381 g/mol. The van der Waals surface area contributed by atoms with Crippen LogP contribution in [-0.4, -0.2) is 39.6 Å². The number of Topliss-reactive ketones (excluding diaryl/α,β-unsaturated/α-hetero) is 1. The number of aryl methyl sites for hydroxylation is 1. The minimum atomic E-state index is -0.220. The van der Waals surface area contributed by atoms with Crippen LogP contribution in [0, 0.1) is 18.8 Å². The third-order valence-electron chi connectivity index (χ3n) is 5.18. The van der Waals surface area contributed by atoms with Crippen molar-refractivity contribution in [2.24, 2.45) is 11.8 Å². The second-order valence-electron chi connectivity index (χ2n) is 7.23. The van der Waals surface area contributed by atoms with E-state index in [2.05, 4.69) is 9.97 Å². The fourth-order valence-corrected chi connectivity index (χ4v) is 3.80. The van der Waals surface area contributed by atoms with E-state index in [1.807, 2.05) is 18.7 Å². The monoisotopic (exact) mass is 380 g/mol. The molecule has 1 saturated heterocycles. The lowest BCUT2D eigenvalue weighted by molar-refractivity contribution is -0.138. The van der Waals surface area contributed by atoms with E-state index in [1.54, 1.807) is 6.92 Å². The Bertz CT molecular complexity index is 634. The fraction of sp³-hybridized carbons (Fsp3) is 0.684. The molecule has 0 aromatic carbocycles. The van der Waals surface area contributed by atoms with Crippen LogP contribution in [0.5, 0.6) is 0 Å². The van der Waals surface area contributed by atoms with Crippen LogP contribution in [0.4, 0.5) is 5.82 Å². The van der Waals surface area contributed by atoms with E-state index >= 15 is 0 Å². The zero-order chi connectivity index (χ0) is 19.3. The Morgan fingerprint density at radius 3 is 2.54 bits per heavy atom. The predicted octanol–water partition coefficient (Wildman–Crippen LogP) is 3.20. The molecule has 0 spiro atoms. The molecule has 1 aromatic rings. The third kappa shape index (κ3) is 5.40. The van der Waals surface area contributed by atoms with E-state index in [1.165, 1.54) is 0 Å². The number of hydrogen-bond donors (Lipinski definition) is 1. The number of rotatable bonds is 7. The molecule has 0 unspecified atom stereocenters. The summed E-state index contributed by atoms with van der Waals surface area (Å²) in [5, 5.41) is 0.442. The highest BCUT2D eigenvalue weighted by atomic mass is 35.5. The van der Waals surface area contributed by atoms with Gasteiger partial charge in [0.25, 0.3) is 0 Å². The number of likely N-dealkylation sites (tertiary alicyclic amines) is 1. The van der Waals surface area contributed by atoms with Crippen molar-refractivity contribution in [1.82, 2.24) is 14.9 Å². The highest BCUT2D eigenvalue weighted by molar-refractivity contribution is 6.30. The molecular weight excluding hydrogens is 352 g/mol. The number of carbonyl (C=O) groups is 2. The molecule has 0 bridgehead atoms. The van der Waals surface area contributed by atoms with Gasteiger partial charge in [0.2, 0.25) is 5.91 Å². The van der Waals surface area contributed by atoms with Gasteiger partial charge in [-0.25, -0.2) is 9.97 Å². The highest BCUT2D eigenvalue weighted by Gasteiger charge is 2.27. The van der Waals surface area contributed by atoms with E-state index in [9.17, 15) is 9.59 Å². The number of nitrogens with zero attached hydrogens (tertiary/aromatic N) is 3. The summed E-state index contributed by atoms with van der Waals surface area (Å²) in [6.07, 6.45) is 4.48. The average Bonchev–Trinajstić information content (AvgIpc) is 2.60. The van der Waals surface area contributed by atoms with Crippen LogP contribution in [0.1, 0.15) is 57.3 Å². The lowest BCUT2D eigenvalue weighted by atomic mass is 9.90. The zero-order valence-electron chi connectivity index (χ0n) is 15.9. The van der Waals surface area contributed by atoms with Crippen LogP contribution >= 0.6 is 11.6 Å². The van der Waals surface area contributed by atoms with Gasteiger partial charge in [0.15, 0.2) is 0 Å². The second-order valence-corrected chi connectivity index (χ2v) is 7.59. The summed E-state index contributed by atoms with van der Waals surface area (Å²) in [5.41, 5.74) is 6.79. The van der Waals surface area contributed by atoms with Crippen LogP contribution in [-0.2, 0) is 16.0 Å². The maximum absolute atomic E-state index is 12.5. The molecule has 2 N–H and O–H groups in total. The molecule has 2 heterocycles. The molecule has 6 nitrogen and oxygen atoms in total. The Hall–Kier alpha value is -1.69. The van der Waals surface area contributed by atoms with Gasteiger partial charge in [-0.05, 0) is 38.5 Å². The summed E-state index contributed by atoms with van der Waals surface area (Å²) in [7, 11) is 0. The van der Waals surface area contributed by atoms with E-state index < -0.39 is 0 Å². The van der Waals surface area contributed by atoms with Crippen LogP contribution in [0.2, 0.25) is 5.15 Å². The number of nitrogen functional groups attached to an aromatic ring is 1. The summed E-state index contributed by atoms with van der Waals surface area (Å²) in [5.74, 6) is 1.61. The number of carbonyl (C=O) groups excluding carboxylic acids is 2. The van der Waals surface area contributed by atoms with E-state index in [0.29, 0.717) is 35.6 Å². The smallest absolute Gasteiger partial charge is 0.225 e. The van der Waals surface area contributed by atoms with Gasteiger partial charge >= 0.3 is 0 Å². The molecule has 144 valence electrons. The largest absolute Gasteiger partial charge is 0.383 e. The molecule has 0 saturated carbocycles. The number of anilines is 1. The Kier molecular flexibility index (Phi) is 7.38. The maximum Gasteiger partial charge on any atom is 0.225 e. The van der Waals surface area contributed by atoms with Crippen molar-refractivity contribution in [3.63, 3.8) is 0 Å². The first kappa shape index (κ1) is 20.6. The maximum atomic E-state index is 12.5. The second kappa shape index (κ2) is 9.31. The van der Waals surface area contributed by atoms with Crippen LogP contribution in [0.25, 0.3) is 0 Å². The summed E-state index contributed by atoms with van der Waals surface area (Å²) in [6, 6.07) is 0. The normalized spacial score (nSPS) is 16.5. The van der Waals surface area contributed by atoms with Crippen molar-refractivity contribution >= 4 is 29.1 Å². The van der Waals surface area contributed by atoms with Gasteiger partial charge in [0, 0.05) is 37.4 Å². The lowest BCUT2D eigenvalue weighted by Crippen LogP contribution is -2.41. The molecule has 1 aliphatic heterocycles. The van der Waals surface area contributed by atoms with Crippen molar-refractivity contribution in [2.45, 2.75) is 59.3 Å². The van der Waals surface area contributed by atoms with Gasteiger partial charge in [-0.3, -0.25) is 9.59 Å². The molecule has 26 heavy (non-hydrogen) atoms. The topological polar surface area (TPSA) is 89.2 Å². The van der Waals surface area contributed by atoms with Gasteiger partial charge in [0.05, 0.1) is 0 Å². The molecule has 1 aliphatic rings. The van der Waals surface area contributed by atoms with Crippen LogP contribution < -0.4 is 5.73 Å². The molecule has 7 heteroatoms. The molecule has 2 rings (SSSR count). The van der Waals surface area contributed by atoms with Crippen molar-refractivity contribution < 1.29 is 9.59 Å². The minimum absolute atomic E-state index is 0.101. The number of halogens is 1. The Labute approximate surface area is 160 Å². The Morgan fingerprint density at radius 1 is 1.31 bits per heavy atom. The molecule has 0 aliphatic carbocycles. The first-order chi connectivity index (χ1) is 12.3. The molecular formula is C19H29ClN4O2. The standard InChI is InChI=1S/C19H29ClN4O2/c1-4-15(25)11-12(2)19(26)24-9-7-14(8-10-24)5-6-16-17(20)22-13(3)23-18(16)21/h12,14H,4-11H2,1-3H3,(H2,21,22,23)/t12-/m1/s1. The SMILES string of the molecule is CCC(=O)C[C@@H](C)C(=O)N1CCC(CCc2c(N)nc(C)nc2Cl)CC1. The molecule has 1 aromatic heterocycles. The highest BCUT2D eigenvalue weighted by Crippen LogP contribution is 2.27. The van der Waals surface area contributed by atoms with Gasteiger partial charge in [-0.2, -0.15) is 0 Å². The van der Waals surface area contributed by atoms with Gasteiger partial charge in [0.1, 0.15) is 22.6 Å². The zero-order valence-corrected chi connectivity index (χ0v) is 16.7. The molecule has 1 fully saturated rings. The summed E-state index contributed by atoms with van der Waals surface area (Å²) in [4.78, 5) is 34.3. The summed E-state index contributed by atoms with van der Waals surface area (Å²) < 4.78 is 0. The number of hydrogen-bond acceptors (Lipinski definition) is 5. The van der Waals surface area contributed by atoms with Gasteiger partial charge in [-0.1, -0.05) is 25.4 Å². The van der Waals surface area contributed by atoms with E-state index in [4.69, 9.17) is 17.3 Å². The first-order valence-electron chi connectivity index (χ1n) is 9.40. The van der Waals surface area contributed by atoms with Crippen molar-refractivity contribution in [3.8, 4) is 0 Å². The Balaban J connectivity index is 1.82. The number of ketones is 1. The quantitative estimate of drug-likeness (QED) is 0.733. The number of amides is 1. The van der Waals surface area contributed by atoms with E-state index in [0.717, 1.165) is 44.3 Å². The Morgan fingerprint density at radius 2 is 1.96 bits per heavy atom. The summed E-state index contributed by atoms with van der Waals surface area (Å²) in [6.45, 7) is 6.96. The van der Waals surface area contributed by atoms with Crippen molar-refractivity contribution in [3.05, 3.63) is 16.5 Å². The van der Waals surface area contributed by atoms with Crippen LogP contribution in [0.15, 0.2) is 0 Å². The predicted molar refractivity (Wildman–Crippen MR) is 103 cm³/mol. The molecule has 1 amide bonds. The first-order valence-corrected chi connectivity index (χ1v) is 9.78. The van der Waals surface area contributed by atoms with E-state index in [-0.39, 0.29) is 17.6 Å². The lowest BCUT2D eigenvalue weighted by Gasteiger charge is -2.33. The van der Waals surface area contributed by atoms with Gasteiger partial charge in [-0.15, -0.1) is 0 Å². The minimum Gasteiger partial charge on any atom is -0.383 e. The van der Waals surface area contributed by atoms with Crippen molar-refractivity contribution in [1.29, 1.82) is 0 Å². The van der Waals surface area contributed by atoms with Gasteiger partial charge < -0.3 is 10.6 Å².